The Labute approximate surface area is 156 Å². The quantitative estimate of drug-likeness (QED) is 0.315. The van der Waals surface area contributed by atoms with Crippen LogP contribution in [0, 0.1) is 0 Å². The van der Waals surface area contributed by atoms with Crippen LogP contribution in [0.5, 0.6) is 5.75 Å². The Hall–Kier alpha value is -1.44. The molecule has 0 amide bonds. The summed E-state index contributed by atoms with van der Waals surface area (Å²) >= 11 is 0. The van der Waals surface area contributed by atoms with Gasteiger partial charge in [0.25, 0.3) is 0 Å². The largest absolute Gasteiger partial charge is 0.495 e. The van der Waals surface area contributed by atoms with Crippen LogP contribution in [0.3, 0.4) is 0 Å². The molecule has 1 atom stereocenters. The number of hydrogen-bond donors (Lipinski definition) is 2. The van der Waals surface area contributed by atoms with E-state index in [1.807, 2.05) is 18.2 Å². The third kappa shape index (κ3) is 5.60. The molecule has 1 aromatic rings. The van der Waals surface area contributed by atoms with Gasteiger partial charge in [-0.3, -0.25) is 0 Å². The number of benzene rings is 1. The zero-order valence-corrected chi connectivity index (χ0v) is 16.2. The van der Waals surface area contributed by atoms with Crippen molar-refractivity contribution < 1.29 is 4.74 Å². The molecular formula is C17H27IN4O. The van der Waals surface area contributed by atoms with Crippen LogP contribution in [0.15, 0.2) is 41.9 Å². The second-order valence-corrected chi connectivity index (χ2v) is 5.26. The number of halogens is 1. The van der Waals surface area contributed by atoms with Gasteiger partial charge in [-0.2, -0.15) is 0 Å². The van der Waals surface area contributed by atoms with E-state index in [9.17, 15) is 0 Å². The van der Waals surface area contributed by atoms with Gasteiger partial charge in [0.05, 0.1) is 19.3 Å². The highest BCUT2D eigenvalue weighted by atomic mass is 127. The van der Waals surface area contributed by atoms with Crippen LogP contribution in [-0.4, -0.2) is 45.3 Å². The van der Waals surface area contributed by atoms with Crippen molar-refractivity contribution in [2.24, 2.45) is 4.99 Å². The van der Waals surface area contributed by atoms with Crippen LogP contribution < -0.4 is 20.3 Å². The van der Waals surface area contributed by atoms with Gasteiger partial charge in [0.15, 0.2) is 5.96 Å². The van der Waals surface area contributed by atoms with Crippen molar-refractivity contribution in [3.63, 3.8) is 0 Å². The molecule has 128 valence electrons. The molecule has 1 heterocycles. The Balaban J connectivity index is 0.00000264. The molecule has 1 aromatic carbocycles. The summed E-state index contributed by atoms with van der Waals surface area (Å²) in [6.45, 7) is 9.21. The van der Waals surface area contributed by atoms with Crippen LogP contribution in [0.25, 0.3) is 0 Å². The standard InChI is InChI=1S/C17H26N4O.HI/c1-4-11-19-17(18-5-2)20-14-10-12-21(13-14)15-8-6-7-9-16(15)22-3;/h4,6-9,14H,1,5,10-13H2,2-3H3,(H2,18,19,20);1H. The summed E-state index contributed by atoms with van der Waals surface area (Å²) in [6, 6.07) is 8.55. The number of para-hydroxylation sites is 2. The Morgan fingerprint density at radius 2 is 2.26 bits per heavy atom. The lowest BCUT2D eigenvalue weighted by atomic mass is 10.2. The third-order valence-electron chi connectivity index (χ3n) is 3.68. The lowest BCUT2D eigenvalue weighted by molar-refractivity contribution is 0.415. The fourth-order valence-electron chi connectivity index (χ4n) is 2.66. The van der Waals surface area contributed by atoms with Crippen LogP contribution in [0.1, 0.15) is 13.3 Å². The van der Waals surface area contributed by atoms with E-state index in [0.29, 0.717) is 12.6 Å². The predicted octanol–water partition coefficient (Wildman–Crippen LogP) is 2.63. The topological polar surface area (TPSA) is 48.9 Å². The minimum absolute atomic E-state index is 0. The number of nitrogens with zero attached hydrogens (tertiary/aromatic N) is 2. The van der Waals surface area contributed by atoms with Gasteiger partial charge in [0.1, 0.15) is 5.75 Å². The van der Waals surface area contributed by atoms with Crippen molar-refractivity contribution >= 4 is 35.6 Å². The van der Waals surface area contributed by atoms with Crippen molar-refractivity contribution in [2.45, 2.75) is 19.4 Å². The highest BCUT2D eigenvalue weighted by Crippen LogP contribution is 2.30. The van der Waals surface area contributed by atoms with Crippen LogP contribution in [0.4, 0.5) is 5.69 Å². The average Bonchev–Trinajstić information content (AvgIpc) is 3.01. The first-order valence-electron chi connectivity index (χ1n) is 7.82. The van der Waals surface area contributed by atoms with Gasteiger partial charge < -0.3 is 20.3 Å². The van der Waals surface area contributed by atoms with Crippen molar-refractivity contribution in [3.05, 3.63) is 36.9 Å². The summed E-state index contributed by atoms with van der Waals surface area (Å²) in [5.74, 6) is 1.78. The van der Waals surface area contributed by atoms with Crippen LogP contribution in [0.2, 0.25) is 0 Å². The normalized spacial score (nSPS) is 17.4. The molecule has 1 aliphatic heterocycles. The average molecular weight is 430 g/mol. The van der Waals surface area contributed by atoms with Gasteiger partial charge >= 0.3 is 0 Å². The van der Waals surface area contributed by atoms with Crippen molar-refractivity contribution in [1.82, 2.24) is 10.6 Å². The zero-order valence-electron chi connectivity index (χ0n) is 13.9. The molecule has 2 rings (SSSR count). The molecule has 0 aliphatic carbocycles. The maximum Gasteiger partial charge on any atom is 0.191 e. The number of methoxy groups -OCH3 is 1. The minimum atomic E-state index is 0. The number of ether oxygens (including phenoxy) is 1. The number of hydrogen-bond acceptors (Lipinski definition) is 3. The first-order valence-corrected chi connectivity index (χ1v) is 7.82. The lowest BCUT2D eigenvalue weighted by Gasteiger charge is -2.22. The summed E-state index contributed by atoms with van der Waals surface area (Å²) in [5.41, 5.74) is 1.15. The molecule has 2 N–H and O–H groups in total. The summed E-state index contributed by atoms with van der Waals surface area (Å²) in [5, 5.41) is 6.77. The maximum absolute atomic E-state index is 5.46. The molecule has 0 bridgehead atoms. The van der Waals surface area contributed by atoms with E-state index < -0.39 is 0 Å². The summed E-state index contributed by atoms with van der Waals surface area (Å²) in [7, 11) is 1.72. The second-order valence-electron chi connectivity index (χ2n) is 5.26. The molecule has 1 saturated heterocycles. The van der Waals surface area contributed by atoms with Crippen molar-refractivity contribution in [2.75, 3.05) is 38.2 Å². The number of nitrogens with one attached hydrogen (secondary N) is 2. The fraction of sp³-hybridized carbons (Fsp3) is 0.471. The van der Waals surface area contributed by atoms with E-state index in [-0.39, 0.29) is 24.0 Å². The third-order valence-corrected chi connectivity index (χ3v) is 3.68. The summed E-state index contributed by atoms with van der Waals surface area (Å²) < 4.78 is 5.46. The van der Waals surface area contributed by atoms with Gasteiger partial charge in [-0.1, -0.05) is 18.2 Å². The Morgan fingerprint density at radius 3 is 2.96 bits per heavy atom. The van der Waals surface area contributed by atoms with Gasteiger partial charge in [-0.05, 0) is 25.5 Å². The molecule has 23 heavy (non-hydrogen) atoms. The van der Waals surface area contributed by atoms with Gasteiger partial charge in [0.2, 0.25) is 0 Å². The molecule has 0 aromatic heterocycles. The first-order chi connectivity index (χ1) is 10.8. The number of aliphatic imine (C=N–C) groups is 1. The SMILES string of the molecule is C=CCN=C(NCC)NC1CCN(c2ccccc2OC)C1.I. The number of guanidine groups is 1. The monoisotopic (exact) mass is 430 g/mol. The summed E-state index contributed by atoms with van der Waals surface area (Å²) in [4.78, 5) is 6.81. The molecule has 0 spiro atoms. The maximum atomic E-state index is 5.46. The smallest absolute Gasteiger partial charge is 0.191 e. The fourth-order valence-corrected chi connectivity index (χ4v) is 2.66. The zero-order chi connectivity index (χ0) is 15.8. The lowest BCUT2D eigenvalue weighted by Crippen LogP contribution is -2.44. The highest BCUT2D eigenvalue weighted by molar-refractivity contribution is 14.0. The van der Waals surface area contributed by atoms with E-state index in [0.717, 1.165) is 43.5 Å². The minimum Gasteiger partial charge on any atom is -0.495 e. The Morgan fingerprint density at radius 1 is 1.48 bits per heavy atom. The molecule has 1 fully saturated rings. The van der Waals surface area contributed by atoms with Gasteiger partial charge in [-0.25, -0.2) is 4.99 Å². The second kappa shape index (κ2) is 10.4. The van der Waals surface area contributed by atoms with Crippen molar-refractivity contribution in [1.29, 1.82) is 0 Å². The Bertz CT molecular complexity index is 521. The molecule has 0 radical (unpaired) electrons. The summed E-state index contributed by atoms with van der Waals surface area (Å²) in [6.07, 6.45) is 2.88. The van der Waals surface area contributed by atoms with E-state index in [1.165, 1.54) is 0 Å². The molecule has 1 unspecified atom stereocenters. The number of rotatable bonds is 6. The molecule has 0 saturated carbocycles. The van der Waals surface area contributed by atoms with Crippen molar-refractivity contribution in [3.8, 4) is 5.75 Å². The Kier molecular flexibility index (Phi) is 8.83. The number of anilines is 1. The molecule has 5 nitrogen and oxygen atoms in total. The van der Waals surface area contributed by atoms with Gasteiger partial charge in [-0.15, -0.1) is 30.6 Å². The van der Waals surface area contributed by atoms with Crippen LogP contribution >= 0.6 is 24.0 Å². The molecule has 1 aliphatic rings. The molecular weight excluding hydrogens is 403 g/mol. The van der Waals surface area contributed by atoms with E-state index in [2.05, 4.69) is 40.1 Å². The van der Waals surface area contributed by atoms with E-state index >= 15 is 0 Å². The van der Waals surface area contributed by atoms with E-state index in [4.69, 9.17) is 4.74 Å². The van der Waals surface area contributed by atoms with E-state index in [1.54, 1.807) is 13.2 Å². The predicted molar refractivity (Wildman–Crippen MR) is 108 cm³/mol. The highest BCUT2D eigenvalue weighted by Gasteiger charge is 2.25. The van der Waals surface area contributed by atoms with Crippen LogP contribution in [-0.2, 0) is 0 Å². The van der Waals surface area contributed by atoms with Gasteiger partial charge in [0, 0.05) is 25.7 Å². The first kappa shape index (κ1) is 19.6. The molecule has 6 heteroatoms.